The van der Waals surface area contributed by atoms with Crippen molar-refractivity contribution in [1.82, 2.24) is 0 Å². The molecule has 2 N–H and O–H groups in total. The molecule has 0 spiro atoms. The van der Waals surface area contributed by atoms with Crippen LogP contribution in [0.25, 0.3) is 11.1 Å². The van der Waals surface area contributed by atoms with Crippen molar-refractivity contribution in [2.24, 2.45) is 0 Å². The summed E-state index contributed by atoms with van der Waals surface area (Å²) >= 11 is 0. The third kappa shape index (κ3) is 4.10. The van der Waals surface area contributed by atoms with E-state index in [9.17, 15) is 9.90 Å². The Morgan fingerprint density at radius 1 is 1.17 bits per heavy atom. The number of aryl methyl sites for hydroxylation is 1. The van der Waals surface area contributed by atoms with Gasteiger partial charge in [-0.1, -0.05) is 18.2 Å². The van der Waals surface area contributed by atoms with Crippen LogP contribution in [0.15, 0.2) is 30.3 Å². The molecule has 5 nitrogen and oxygen atoms in total. The second-order valence-electron chi connectivity index (χ2n) is 8.21. The van der Waals surface area contributed by atoms with Crippen LogP contribution in [0.5, 0.6) is 5.75 Å². The lowest BCUT2D eigenvalue weighted by Crippen LogP contribution is -2.31. The number of hydrogen-bond donors (Lipinski definition) is 2. The van der Waals surface area contributed by atoms with Crippen LogP contribution < -0.4 is 10.1 Å². The number of nitrogens with one attached hydrogen (secondary N) is 1. The van der Waals surface area contributed by atoms with Gasteiger partial charge in [0.1, 0.15) is 11.3 Å². The molecule has 0 unspecified atom stereocenters. The topological polar surface area (TPSA) is 67.8 Å². The predicted octanol–water partition coefficient (Wildman–Crippen LogP) is 5.08. The highest BCUT2D eigenvalue weighted by Gasteiger charge is 2.50. The molecule has 0 saturated heterocycles. The van der Waals surface area contributed by atoms with Crippen molar-refractivity contribution in [2.75, 3.05) is 11.9 Å². The van der Waals surface area contributed by atoms with Gasteiger partial charge in [-0.05, 0) is 86.4 Å². The number of carboxylic acids is 1. The number of benzene rings is 2. The Labute approximate surface area is 172 Å². The molecule has 4 rings (SSSR count). The van der Waals surface area contributed by atoms with Crippen molar-refractivity contribution in [3.05, 3.63) is 47.0 Å². The first-order valence-corrected chi connectivity index (χ1v) is 10.4. The molecule has 2 aromatic carbocycles. The fourth-order valence-corrected chi connectivity index (χ4v) is 3.77. The van der Waals surface area contributed by atoms with Crippen LogP contribution in [-0.4, -0.2) is 29.3 Å². The highest BCUT2D eigenvalue weighted by molar-refractivity contribution is 5.87. The van der Waals surface area contributed by atoms with E-state index in [2.05, 4.69) is 37.4 Å². The summed E-state index contributed by atoms with van der Waals surface area (Å²) in [4.78, 5) is 11.6. The van der Waals surface area contributed by atoms with Crippen LogP contribution in [0.4, 0.5) is 5.69 Å². The van der Waals surface area contributed by atoms with E-state index >= 15 is 0 Å². The fraction of sp³-hybridized carbons (Fsp3) is 0.458. The zero-order valence-electron chi connectivity index (χ0n) is 17.4. The van der Waals surface area contributed by atoms with Gasteiger partial charge in [0, 0.05) is 5.69 Å². The number of carbonyl (C=O) groups is 1. The fourth-order valence-electron chi connectivity index (χ4n) is 3.77. The Morgan fingerprint density at radius 2 is 1.90 bits per heavy atom. The molecule has 0 aromatic heterocycles. The molecule has 5 heteroatoms. The van der Waals surface area contributed by atoms with Gasteiger partial charge in [-0.15, -0.1) is 0 Å². The molecule has 2 aliphatic rings. The lowest BCUT2D eigenvalue weighted by molar-refractivity contribution is -0.138. The third-order valence-corrected chi connectivity index (χ3v) is 5.83. The van der Waals surface area contributed by atoms with Crippen molar-refractivity contribution in [1.29, 1.82) is 0 Å². The normalized spacial score (nSPS) is 17.1. The zero-order chi connectivity index (χ0) is 20.6. The van der Waals surface area contributed by atoms with Crippen molar-refractivity contribution in [3.8, 4) is 16.9 Å². The zero-order valence-corrected chi connectivity index (χ0v) is 17.4. The van der Waals surface area contributed by atoms with Crippen LogP contribution >= 0.6 is 0 Å². The van der Waals surface area contributed by atoms with Gasteiger partial charge in [0.05, 0.1) is 19.3 Å². The molecule has 29 heavy (non-hydrogen) atoms. The van der Waals surface area contributed by atoms with Crippen LogP contribution in [0, 0.1) is 13.8 Å². The van der Waals surface area contributed by atoms with Gasteiger partial charge >= 0.3 is 5.97 Å². The predicted molar refractivity (Wildman–Crippen MR) is 114 cm³/mol. The lowest BCUT2D eigenvalue weighted by atomic mass is 9.93. The number of ether oxygens (including phenoxy) is 2. The largest absolute Gasteiger partial charge is 0.493 e. The second-order valence-corrected chi connectivity index (χ2v) is 8.21. The summed E-state index contributed by atoms with van der Waals surface area (Å²) in [5, 5.41) is 12.7. The number of aliphatic carboxylic acids is 1. The summed E-state index contributed by atoms with van der Waals surface area (Å²) in [5.41, 5.74) is 5.56. The molecule has 2 aliphatic carbocycles. The first-order valence-electron chi connectivity index (χ1n) is 10.4. The molecule has 0 atom stereocenters. The van der Waals surface area contributed by atoms with Gasteiger partial charge in [0.15, 0.2) is 0 Å². The van der Waals surface area contributed by atoms with Crippen LogP contribution in [0.3, 0.4) is 0 Å². The maximum Gasteiger partial charge on any atom is 0.329 e. The van der Waals surface area contributed by atoms with E-state index < -0.39 is 11.5 Å². The van der Waals surface area contributed by atoms with Gasteiger partial charge in [-0.2, -0.15) is 0 Å². The highest BCUT2D eigenvalue weighted by Crippen LogP contribution is 2.41. The molecule has 0 heterocycles. The van der Waals surface area contributed by atoms with Gasteiger partial charge < -0.3 is 19.9 Å². The SMILES string of the molecule is CCOc1c(C)ccc(-c2ccc(NC3(C(=O)O)CC3)cc2COC2CC2)c1C. The number of rotatable bonds is 9. The molecule has 0 radical (unpaired) electrons. The first-order chi connectivity index (χ1) is 13.9. The average molecular weight is 395 g/mol. The summed E-state index contributed by atoms with van der Waals surface area (Å²) in [6.07, 6.45) is 3.91. The highest BCUT2D eigenvalue weighted by atomic mass is 16.5. The Morgan fingerprint density at radius 3 is 2.52 bits per heavy atom. The molecule has 0 aliphatic heterocycles. The van der Waals surface area contributed by atoms with E-state index in [-0.39, 0.29) is 0 Å². The summed E-state index contributed by atoms with van der Waals surface area (Å²) in [6.45, 7) is 7.30. The first kappa shape index (κ1) is 19.8. The number of anilines is 1. The number of hydrogen-bond acceptors (Lipinski definition) is 4. The third-order valence-electron chi connectivity index (χ3n) is 5.83. The van der Waals surface area contributed by atoms with E-state index in [1.807, 2.05) is 19.1 Å². The molecular weight excluding hydrogens is 366 g/mol. The standard InChI is InChI=1S/C24H29NO4/c1-4-28-22-15(2)5-9-20(16(22)3)21-10-6-18(25-24(11-12-24)23(26)27)13-17(21)14-29-19-7-8-19/h5-6,9-10,13,19,25H,4,7-8,11-12,14H2,1-3H3,(H,26,27). The molecule has 2 saturated carbocycles. The molecule has 0 amide bonds. The van der Waals surface area contributed by atoms with Gasteiger partial charge in [0.2, 0.25) is 0 Å². The molecule has 154 valence electrons. The van der Waals surface area contributed by atoms with Gasteiger partial charge in [0.25, 0.3) is 0 Å². The minimum atomic E-state index is -0.807. The second kappa shape index (κ2) is 7.71. The Bertz CT molecular complexity index is 929. The van der Waals surface area contributed by atoms with Crippen LogP contribution in [0.1, 0.15) is 49.3 Å². The molecule has 2 aromatic rings. The number of carboxylic acid groups (broad SMARTS) is 1. The van der Waals surface area contributed by atoms with Crippen molar-refractivity contribution >= 4 is 11.7 Å². The van der Waals surface area contributed by atoms with Crippen LogP contribution in [-0.2, 0) is 16.1 Å². The van der Waals surface area contributed by atoms with E-state index in [1.54, 1.807) is 0 Å². The summed E-state index contributed by atoms with van der Waals surface area (Å²) < 4.78 is 11.9. The minimum Gasteiger partial charge on any atom is -0.493 e. The Hall–Kier alpha value is -2.53. The summed E-state index contributed by atoms with van der Waals surface area (Å²) in [5.74, 6) is 0.150. The molecule has 2 fully saturated rings. The van der Waals surface area contributed by atoms with E-state index in [0.29, 0.717) is 32.2 Å². The van der Waals surface area contributed by atoms with E-state index in [4.69, 9.17) is 9.47 Å². The molecule has 0 bridgehead atoms. The Kier molecular flexibility index (Phi) is 5.26. The van der Waals surface area contributed by atoms with Gasteiger partial charge in [-0.25, -0.2) is 4.79 Å². The monoisotopic (exact) mass is 395 g/mol. The van der Waals surface area contributed by atoms with E-state index in [0.717, 1.165) is 52.1 Å². The van der Waals surface area contributed by atoms with Crippen LogP contribution in [0.2, 0.25) is 0 Å². The smallest absolute Gasteiger partial charge is 0.329 e. The maximum atomic E-state index is 11.6. The van der Waals surface area contributed by atoms with Crippen molar-refractivity contribution < 1.29 is 19.4 Å². The van der Waals surface area contributed by atoms with Gasteiger partial charge in [-0.3, -0.25) is 0 Å². The maximum absolute atomic E-state index is 11.6. The summed E-state index contributed by atoms with van der Waals surface area (Å²) in [6, 6.07) is 10.3. The quantitative estimate of drug-likeness (QED) is 0.620. The minimum absolute atomic E-state index is 0.353. The molecular formula is C24H29NO4. The van der Waals surface area contributed by atoms with Crippen molar-refractivity contribution in [2.45, 2.75) is 64.7 Å². The summed E-state index contributed by atoms with van der Waals surface area (Å²) in [7, 11) is 0. The Balaban J connectivity index is 1.70. The van der Waals surface area contributed by atoms with E-state index in [1.165, 1.54) is 0 Å². The lowest BCUT2D eigenvalue weighted by Gasteiger charge is -2.20. The van der Waals surface area contributed by atoms with Crippen molar-refractivity contribution in [3.63, 3.8) is 0 Å². The average Bonchev–Trinajstić information content (AvgIpc) is 3.60.